The normalized spacial score (nSPS) is 13.4. The molecule has 0 spiro atoms. The second kappa shape index (κ2) is 10.4. The minimum Gasteiger partial charge on any atom is -0.396 e. The Hall–Kier alpha value is -0.120. The molecule has 3 nitrogen and oxygen atoms in total. The quantitative estimate of drug-likeness (QED) is 0.541. The van der Waals surface area contributed by atoms with Crippen LogP contribution in [0.4, 0.5) is 0 Å². The van der Waals surface area contributed by atoms with Gasteiger partial charge in [-0.15, -0.1) is 0 Å². The molecule has 0 fully saturated rings. The van der Waals surface area contributed by atoms with Crippen molar-refractivity contribution < 1.29 is 5.11 Å². The Morgan fingerprint density at radius 2 is 1.87 bits per heavy atom. The molecule has 0 amide bonds. The van der Waals surface area contributed by atoms with E-state index >= 15 is 0 Å². The number of hydrogen-bond donors (Lipinski definition) is 2. The van der Waals surface area contributed by atoms with Crippen LogP contribution in [0, 0.1) is 5.92 Å². The van der Waals surface area contributed by atoms with Crippen LogP contribution in [0.25, 0.3) is 0 Å². The molecule has 0 aliphatic carbocycles. The van der Waals surface area contributed by atoms with Gasteiger partial charge in [-0.2, -0.15) is 0 Å². The van der Waals surface area contributed by atoms with E-state index in [0.717, 1.165) is 39.1 Å². The van der Waals surface area contributed by atoms with Crippen molar-refractivity contribution in [2.75, 3.05) is 39.3 Å². The van der Waals surface area contributed by atoms with Gasteiger partial charge in [0.25, 0.3) is 0 Å². The van der Waals surface area contributed by atoms with Gasteiger partial charge >= 0.3 is 0 Å². The summed E-state index contributed by atoms with van der Waals surface area (Å²) in [5.74, 6) is 0.453. The van der Waals surface area contributed by atoms with E-state index in [1.165, 1.54) is 6.42 Å². The maximum Gasteiger partial charge on any atom is 0.0456 e. The maximum atomic E-state index is 8.85. The summed E-state index contributed by atoms with van der Waals surface area (Å²) in [4.78, 5) is 2.42. The minimum atomic E-state index is 0.319. The average Bonchev–Trinajstić information content (AvgIpc) is 2.28. The van der Waals surface area contributed by atoms with Crippen LogP contribution in [0.15, 0.2) is 0 Å². The van der Waals surface area contributed by atoms with Gasteiger partial charge in [0.2, 0.25) is 0 Å². The van der Waals surface area contributed by atoms with Gasteiger partial charge in [-0.3, -0.25) is 0 Å². The van der Waals surface area contributed by atoms with Gasteiger partial charge < -0.3 is 15.3 Å². The van der Waals surface area contributed by atoms with Crippen molar-refractivity contribution in [3.8, 4) is 0 Å². The van der Waals surface area contributed by atoms with Gasteiger partial charge in [0, 0.05) is 19.7 Å². The molecule has 0 aromatic carbocycles. The van der Waals surface area contributed by atoms with Gasteiger partial charge in [0.05, 0.1) is 0 Å². The van der Waals surface area contributed by atoms with Crippen LogP contribution in [-0.4, -0.2) is 49.3 Å². The number of aliphatic hydroxyl groups is 1. The summed E-state index contributed by atoms with van der Waals surface area (Å²) in [6.45, 7) is 12.4. The van der Waals surface area contributed by atoms with E-state index in [1.807, 2.05) is 0 Å². The van der Waals surface area contributed by atoms with Crippen molar-refractivity contribution in [3.05, 3.63) is 0 Å². The van der Waals surface area contributed by atoms with E-state index in [9.17, 15) is 0 Å². The number of nitrogens with one attached hydrogen (secondary N) is 1. The third kappa shape index (κ3) is 8.85. The van der Waals surface area contributed by atoms with Gasteiger partial charge in [-0.05, 0) is 38.4 Å². The Morgan fingerprint density at radius 3 is 2.40 bits per heavy atom. The van der Waals surface area contributed by atoms with E-state index in [0.29, 0.717) is 12.5 Å². The van der Waals surface area contributed by atoms with Gasteiger partial charge in [0.1, 0.15) is 0 Å². The number of likely N-dealkylation sites (N-methyl/N-ethyl adjacent to an activating group) is 1. The fourth-order valence-electron chi connectivity index (χ4n) is 1.57. The van der Waals surface area contributed by atoms with Crippen LogP contribution in [-0.2, 0) is 0 Å². The molecule has 0 heterocycles. The molecule has 0 aliphatic heterocycles. The van der Waals surface area contributed by atoms with Crippen molar-refractivity contribution >= 4 is 0 Å². The monoisotopic (exact) mass is 216 g/mol. The second-order valence-corrected chi connectivity index (χ2v) is 4.21. The predicted molar refractivity (Wildman–Crippen MR) is 66.1 cm³/mol. The molecule has 0 aromatic rings. The van der Waals surface area contributed by atoms with Crippen LogP contribution in [0.3, 0.4) is 0 Å². The highest BCUT2D eigenvalue weighted by atomic mass is 16.3. The Bertz CT molecular complexity index is 127. The first-order valence-electron chi connectivity index (χ1n) is 6.28. The Balaban J connectivity index is 3.17. The molecule has 0 bridgehead atoms. The third-order valence-corrected chi connectivity index (χ3v) is 2.86. The third-order valence-electron chi connectivity index (χ3n) is 2.86. The highest BCUT2D eigenvalue weighted by molar-refractivity contribution is 4.57. The Morgan fingerprint density at radius 1 is 1.20 bits per heavy atom. The van der Waals surface area contributed by atoms with Crippen LogP contribution < -0.4 is 5.32 Å². The molecule has 0 aromatic heterocycles. The first kappa shape index (κ1) is 14.9. The molecule has 1 unspecified atom stereocenters. The van der Waals surface area contributed by atoms with E-state index in [4.69, 9.17) is 5.11 Å². The second-order valence-electron chi connectivity index (χ2n) is 4.21. The molecule has 0 rings (SSSR count). The van der Waals surface area contributed by atoms with Gasteiger partial charge in [0.15, 0.2) is 0 Å². The number of rotatable bonds is 10. The molecule has 92 valence electrons. The van der Waals surface area contributed by atoms with E-state index in [-0.39, 0.29) is 0 Å². The largest absolute Gasteiger partial charge is 0.396 e. The predicted octanol–water partition coefficient (Wildman–Crippen LogP) is 1.33. The van der Waals surface area contributed by atoms with Crippen molar-refractivity contribution in [2.45, 2.75) is 33.6 Å². The van der Waals surface area contributed by atoms with Crippen LogP contribution in [0.1, 0.15) is 33.6 Å². The Labute approximate surface area is 94.9 Å². The molecule has 1 atom stereocenters. The fraction of sp³-hybridized carbons (Fsp3) is 1.00. The summed E-state index contributed by atoms with van der Waals surface area (Å²) in [5.41, 5.74) is 0. The van der Waals surface area contributed by atoms with Crippen LogP contribution in [0.5, 0.6) is 0 Å². The molecule has 2 N–H and O–H groups in total. The fourth-order valence-corrected chi connectivity index (χ4v) is 1.57. The standard InChI is InChI=1S/C12H28N2O/c1-4-14(5-2)10-9-13-8-6-7-12(3)11-15/h12-13,15H,4-11H2,1-3H3. The molecule has 0 saturated carbocycles. The summed E-state index contributed by atoms with van der Waals surface area (Å²) in [6, 6.07) is 0. The zero-order valence-corrected chi connectivity index (χ0v) is 10.6. The molecular formula is C12H28N2O. The highest BCUT2D eigenvalue weighted by Crippen LogP contribution is 2.02. The smallest absolute Gasteiger partial charge is 0.0456 e. The van der Waals surface area contributed by atoms with Crippen molar-refractivity contribution in [1.29, 1.82) is 0 Å². The van der Waals surface area contributed by atoms with Gasteiger partial charge in [-0.1, -0.05) is 20.8 Å². The molecule has 0 saturated heterocycles. The SMILES string of the molecule is CCN(CC)CCNCCCC(C)CO. The van der Waals surface area contributed by atoms with Gasteiger partial charge in [-0.25, -0.2) is 0 Å². The lowest BCUT2D eigenvalue weighted by Gasteiger charge is -2.18. The molecule has 0 aliphatic rings. The Kier molecular flexibility index (Phi) is 10.3. The minimum absolute atomic E-state index is 0.319. The van der Waals surface area contributed by atoms with E-state index in [1.54, 1.807) is 0 Å². The summed E-state index contributed by atoms with van der Waals surface area (Å²) >= 11 is 0. The number of hydrogen-bond acceptors (Lipinski definition) is 3. The summed E-state index contributed by atoms with van der Waals surface area (Å²) in [5, 5.41) is 12.3. The van der Waals surface area contributed by atoms with Crippen molar-refractivity contribution in [3.63, 3.8) is 0 Å². The summed E-state index contributed by atoms with van der Waals surface area (Å²) < 4.78 is 0. The maximum absolute atomic E-state index is 8.85. The topological polar surface area (TPSA) is 35.5 Å². The first-order valence-corrected chi connectivity index (χ1v) is 6.28. The highest BCUT2D eigenvalue weighted by Gasteiger charge is 2.00. The molecule has 15 heavy (non-hydrogen) atoms. The first-order chi connectivity index (χ1) is 7.24. The lowest BCUT2D eigenvalue weighted by Crippen LogP contribution is -2.32. The zero-order chi connectivity index (χ0) is 11.5. The van der Waals surface area contributed by atoms with Crippen LogP contribution in [0.2, 0.25) is 0 Å². The van der Waals surface area contributed by atoms with Crippen molar-refractivity contribution in [1.82, 2.24) is 10.2 Å². The lowest BCUT2D eigenvalue weighted by atomic mass is 10.1. The van der Waals surface area contributed by atoms with Crippen LogP contribution >= 0.6 is 0 Å². The number of aliphatic hydroxyl groups excluding tert-OH is 1. The molecule has 0 radical (unpaired) electrons. The lowest BCUT2D eigenvalue weighted by molar-refractivity contribution is 0.227. The van der Waals surface area contributed by atoms with E-state index < -0.39 is 0 Å². The van der Waals surface area contributed by atoms with E-state index in [2.05, 4.69) is 31.0 Å². The summed E-state index contributed by atoms with van der Waals surface area (Å²) in [7, 11) is 0. The summed E-state index contributed by atoms with van der Waals surface area (Å²) in [6.07, 6.45) is 2.29. The average molecular weight is 216 g/mol. The van der Waals surface area contributed by atoms with Crippen molar-refractivity contribution in [2.24, 2.45) is 5.92 Å². The molecule has 3 heteroatoms. The number of nitrogens with zero attached hydrogens (tertiary/aromatic N) is 1. The molecular weight excluding hydrogens is 188 g/mol. The zero-order valence-electron chi connectivity index (χ0n) is 10.6.